The van der Waals surface area contributed by atoms with Crippen LogP contribution >= 0.6 is 0 Å². The van der Waals surface area contributed by atoms with E-state index in [1.165, 1.54) is 26.2 Å². The van der Waals surface area contributed by atoms with Crippen LogP contribution in [0.25, 0.3) is 16.9 Å². The van der Waals surface area contributed by atoms with Gasteiger partial charge in [0.2, 0.25) is 5.89 Å². The minimum absolute atomic E-state index is 0.0326. The monoisotopic (exact) mass is 584 g/mol. The van der Waals surface area contributed by atoms with Crippen LogP contribution in [-0.2, 0) is 4.74 Å². The molecule has 0 aromatic carbocycles. The van der Waals surface area contributed by atoms with Crippen molar-refractivity contribution in [2.24, 2.45) is 0 Å². The van der Waals surface area contributed by atoms with E-state index in [4.69, 9.17) is 9.15 Å². The lowest BCUT2D eigenvalue weighted by Crippen LogP contribution is -2.42. The molecular weight excluding hydrogens is 557 g/mol. The Kier molecular flexibility index (Phi) is 8.10. The number of hydrogen-bond donors (Lipinski definition) is 3. The number of aliphatic hydroxyl groups is 1. The van der Waals surface area contributed by atoms with E-state index in [-0.39, 0.29) is 24.1 Å². The smallest absolute Gasteiger partial charge is 0.314 e. The molecule has 1 unspecified atom stereocenters. The number of nitriles is 1. The van der Waals surface area contributed by atoms with Crippen LogP contribution in [0, 0.1) is 11.3 Å². The number of carbonyl (C=O) groups excluding carboxylic acids is 1. The van der Waals surface area contributed by atoms with Crippen molar-refractivity contribution in [3.05, 3.63) is 59.6 Å². The van der Waals surface area contributed by atoms with Gasteiger partial charge in [-0.25, -0.2) is 8.91 Å². The van der Waals surface area contributed by atoms with E-state index < -0.39 is 42.6 Å². The third kappa shape index (κ3) is 6.19. The van der Waals surface area contributed by atoms with Gasteiger partial charge in [-0.05, 0) is 51.0 Å². The molecule has 1 amide bonds. The van der Waals surface area contributed by atoms with Gasteiger partial charge in [-0.1, -0.05) is 0 Å². The highest BCUT2D eigenvalue weighted by atomic mass is 19.3. The number of alkyl halides is 3. The second-order valence-electron chi connectivity index (χ2n) is 10.4. The van der Waals surface area contributed by atoms with E-state index >= 15 is 0 Å². The summed E-state index contributed by atoms with van der Waals surface area (Å²) < 4.78 is 52.4. The lowest BCUT2D eigenvalue weighted by Gasteiger charge is -2.29. The Morgan fingerprint density at radius 2 is 2.05 bits per heavy atom. The Morgan fingerprint density at radius 1 is 1.24 bits per heavy atom. The standard InChI is InChI=1S/C27H27F3N8O4/c1-27(2,40)22(28)12-33-24(39)17-11-32-19(20-5-4-16-7-14(9-31)10-34-38(16)20)8-18(17)35-15-3-6-21(41-13-15)25-36-37-26(42-25)23(29)30/h4-5,7-8,10-11,15,21-23,40H,3,6,12-13H2,1-2H3,(H,32,35)(H,33,39)/t15-,21+,22?/m0/s1. The van der Waals surface area contributed by atoms with Crippen LogP contribution in [0.4, 0.5) is 18.9 Å². The van der Waals surface area contributed by atoms with Crippen molar-refractivity contribution in [1.29, 1.82) is 5.26 Å². The average Bonchev–Trinajstić information content (AvgIpc) is 3.63. The Labute approximate surface area is 237 Å². The molecule has 0 spiro atoms. The van der Waals surface area contributed by atoms with Crippen molar-refractivity contribution in [3.63, 3.8) is 0 Å². The Morgan fingerprint density at radius 3 is 2.71 bits per heavy atom. The summed E-state index contributed by atoms with van der Waals surface area (Å²) in [6.07, 6.45) is -1.58. The molecule has 220 valence electrons. The second-order valence-corrected chi connectivity index (χ2v) is 10.4. The summed E-state index contributed by atoms with van der Waals surface area (Å²) in [4.78, 5) is 17.5. The number of carbonyl (C=O) groups is 1. The van der Waals surface area contributed by atoms with E-state index in [1.54, 1.807) is 28.8 Å². The molecule has 5 rings (SSSR count). The normalized spacial score (nSPS) is 18.1. The van der Waals surface area contributed by atoms with E-state index in [0.29, 0.717) is 41.0 Å². The van der Waals surface area contributed by atoms with Crippen LogP contribution in [0.15, 0.2) is 41.1 Å². The van der Waals surface area contributed by atoms with Crippen LogP contribution < -0.4 is 10.6 Å². The highest BCUT2D eigenvalue weighted by Gasteiger charge is 2.30. The predicted molar refractivity (Wildman–Crippen MR) is 141 cm³/mol. The molecule has 1 saturated heterocycles. The summed E-state index contributed by atoms with van der Waals surface area (Å²) in [7, 11) is 0. The van der Waals surface area contributed by atoms with Gasteiger partial charge in [0.05, 0.1) is 58.7 Å². The molecule has 0 radical (unpaired) electrons. The lowest BCUT2D eigenvalue weighted by atomic mass is 10.0. The number of nitrogens with zero attached hydrogens (tertiary/aromatic N) is 6. The second kappa shape index (κ2) is 11.7. The van der Waals surface area contributed by atoms with E-state index in [1.807, 2.05) is 6.07 Å². The van der Waals surface area contributed by atoms with Gasteiger partial charge >= 0.3 is 6.43 Å². The molecule has 12 nitrogen and oxygen atoms in total. The summed E-state index contributed by atoms with van der Waals surface area (Å²) in [5.41, 5.74) is 0.994. The largest absolute Gasteiger partial charge is 0.417 e. The first-order valence-corrected chi connectivity index (χ1v) is 13.1. The minimum Gasteiger partial charge on any atom is -0.417 e. The van der Waals surface area contributed by atoms with E-state index in [9.17, 15) is 28.3 Å². The number of ether oxygens (including phenoxy) is 1. The SMILES string of the molecule is CC(C)(O)C(F)CNC(=O)c1cnc(-c2ccc3cc(C#N)cnn23)cc1N[C@H]1CC[C@H](c2nnc(C(F)F)o2)OC1. The van der Waals surface area contributed by atoms with Gasteiger partial charge in [0.1, 0.15) is 18.3 Å². The zero-order chi connectivity index (χ0) is 30.0. The zero-order valence-electron chi connectivity index (χ0n) is 22.6. The molecule has 0 saturated carbocycles. The Hall–Kier alpha value is -4.55. The van der Waals surface area contributed by atoms with Crippen molar-refractivity contribution in [1.82, 2.24) is 30.1 Å². The highest BCUT2D eigenvalue weighted by molar-refractivity contribution is 6.00. The van der Waals surface area contributed by atoms with Crippen molar-refractivity contribution in [2.75, 3.05) is 18.5 Å². The first kappa shape index (κ1) is 29.0. The summed E-state index contributed by atoms with van der Waals surface area (Å²) in [6, 6.07) is 8.63. The topological polar surface area (TPSA) is 163 Å². The number of anilines is 1. The fourth-order valence-electron chi connectivity index (χ4n) is 4.42. The maximum absolute atomic E-state index is 14.3. The van der Waals surface area contributed by atoms with Gasteiger partial charge in [-0.15, -0.1) is 10.2 Å². The summed E-state index contributed by atoms with van der Waals surface area (Å²) >= 11 is 0. The highest BCUT2D eigenvalue weighted by Crippen LogP contribution is 2.32. The van der Waals surface area contributed by atoms with Gasteiger partial charge in [0, 0.05) is 12.2 Å². The summed E-state index contributed by atoms with van der Waals surface area (Å²) in [6.45, 7) is 2.33. The van der Waals surface area contributed by atoms with Crippen molar-refractivity contribution in [2.45, 2.75) is 57.0 Å². The molecule has 15 heteroatoms. The first-order chi connectivity index (χ1) is 20.0. The molecule has 1 aliphatic rings. The number of halogens is 3. The molecule has 4 aromatic rings. The molecule has 1 fully saturated rings. The first-order valence-electron chi connectivity index (χ1n) is 13.1. The number of fused-ring (bicyclic) bond motifs is 1. The molecule has 5 heterocycles. The Bertz CT molecular complexity index is 1620. The van der Waals surface area contributed by atoms with Crippen molar-refractivity contribution in [3.8, 4) is 17.5 Å². The average molecular weight is 585 g/mol. The number of amides is 1. The van der Waals surface area contributed by atoms with Gasteiger partial charge < -0.3 is 24.9 Å². The third-order valence-corrected chi connectivity index (χ3v) is 6.80. The molecule has 0 bridgehead atoms. The maximum atomic E-state index is 14.3. The fraction of sp³-hybridized carbons (Fsp3) is 0.407. The van der Waals surface area contributed by atoms with Gasteiger partial charge in [-0.2, -0.15) is 19.1 Å². The van der Waals surface area contributed by atoms with E-state index in [2.05, 4.69) is 30.9 Å². The van der Waals surface area contributed by atoms with Crippen molar-refractivity contribution < 1.29 is 32.2 Å². The molecule has 1 aliphatic heterocycles. The van der Waals surface area contributed by atoms with Crippen LogP contribution in [0.1, 0.15) is 66.9 Å². The van der Waals surface area contributed by atoms with Crippen LogP contribution in [0.3, 0.4) is 0 Å². The quantitative estimate of drug-likeness (QED) is 0.264. The van der Waals surface area contributed by atoms with Gasteiger partial charge in [0.25, 0.3) is 11.8 Å². The number of pyridine rings is 1. The molecule has 3 N–H and O–H groups in total. The lowest BCUT2D eigenvalue weighted by molar-refractivity contribution is -0.0102. The fourth-order valence-corrected chi connectivity index (χ4v) is 4.42. The number of hydrogen-bond acceptors (Lipinski definition) is 10. The van der Waals surface area contributed by atoms with Crippen molar-refractivity contribution >= 4 is 17.1 Å². The predicted octanol–water partition coefficient (Wildman–Crippen LogP) is 3.76. The van der Waals surface area contributed by atoms with Gasteiger partial charge in [0.15, 0.2) is 0 Å². The number of aromatic nitrogens is 5. The summed E-state index contributed by atoms with van der Waals surface area (Å²) in [5.74, 6) is -1.42. The van der Waals surface area contributed by atoms with Crippen LogP contribution in [-0.4, -0.2) is 66.8 Å². The zero-order valence-corrected chi connectivity index (χ0v) is 22.6. The molecule has 42 heavy (non-hydrogen) atoms. The molecule has 0 aliphatic carbocycles. The summed E-state index contributed by atoms with van der Waals surface area (Å²) in [5, 5.41) is 36.2. The third-order valence-electron chi connectivity index (χ3n) is 6.80. The van der Waals surface area contributed by atoms with Gasteiger partial charge in [-0.3, -0.25) is 9.78 Å². The Balaban J connectivity index is 1.38. The number of nitrogens with one attached hydrogen (secondary N) is 2. The maximum Gasteiger partial charge on any atom is 0.314 e. The number of rotatable bonds is 9. The van der Waals surface area contributed by atoms with Crippen LogP contribution in [0.2, 0.25) is 0 Å². The minimum atomic E-state index is -2.88. The van der Waals surface area contributed by atoms with Crippen LogP contribution in [0.5, 0.6) is 0 Å². The molecular formula is C27H27F3N8O4. The molecule has 4 aromatic heterocycles. The van der Waals surface area contributed by atoms with E-state index in [0.717, 1.165) is 0 Å². The molecule has 3 atom stereocenters.